The van der Waals surface area contributed by atoms with Crippen LogP contribution in [-0.2, 0) is 16.4 Å². The third-order valence-electron chi connectivity index (χ3n) is 4.85. The molecule has 3 rings (SSSR count). The van der Waals surface area contributed by atoms with Gasteiger partial charge in [-0.1, -0.05) is 17.7 Å². The van der Waals surface area contributed by atoms with E-state index in [1.165, 1.54) is 0 Å². The Labute approximate surface area is 159 Å². The maximum atomic E-state index is 12.5. The van der Waals surface area contributed by atoms with Gasteiger partial charge >= 0.3 is 0 Å². The molecule has 0 aliphatic heterocycles. The molecule has 2 aromatic carbocycles. The molecule has 0 aliphatic carbocycles. The normalized spacial score (nSPS) is 11.9. The molecule has 0 aliphatic rings. The number of aryl methyl sites for hydroxylation is 4. The predicted octanol–water partition coefficient (Wildman–Crippen LogP) is 3.28. The van der Waals surface area contributed by atoms with Gasteiger partial charge < -0.3 is 4.98 Å². The molecular formula is C21H24N2O3S. The van der Waals surface area contributed by atoms with Crippen molar-refractivity contribution in [3.8, 4) is 0 Å². The van der Waals surface area contributed by atoms with Crippen molar-refractivity contribution in [2.45, 2.75) is 39.0 Å². The predicted molar refractivity (Wildman–Crippen MR) is 109 cm³/mol. The van der Waals surface area contributed by atoms with Crippen LogP contribution in [-0.4, -0.2) is 19.9 Å². The van der Waals surface area contributed by atoms with E-state index in [4.69, 9.17) is 0 Å². The second-order valence-electron chi connectivity index (χ2n) is 7.06. The van der Waals surface area contributed by atoms with Gasteiger partial charge in [-0.05, 0) is 80.5 Å². The highest BCUT2D eigenvalue weighted by atomic mass is 32.2. The smallest absolute Gasteiger partial charge is 0.251 e. The standard InChI is InChI=1S/C21H24N2O3S/c1-13-9-16(4)20-18(10-13)12-17(21(24)23-20)7-8-22-27(25,26)19-6-5-14(2)15(3)11-19/h5-6,9-12,22H,7-8H2,1-4H3,(H,23,24). The van der Waals surface area contributed by atoms with E-state index < -0.39 is 10.0 Å². The van der Waals surface area contributed by atoms with Crippen LogP contribution in [0.5, 0.6) is 0 Å². The lowest BCUT2D eigenvalue weighted by atomic mass is 10.0. The zero-order valence-corrected chi connectivity index (χ0v) is 16.8. The van der Waals surface area contributed by atoms with Crippen molar-refractivity contribution in [2.24, 2.45) is 0 Å². The first kappa shape index (κ1) is 19.3. The quantitative estimate of drug-likeness (QED) is 0.708. The summed E-state index contributed by atoms with van der Waals surface area (Å²) < 4.78 is 27.5. The summed E-state index contributed by atoms with van der Waals surface area (Å²) in [6.45, 7) is 7.95. The molecule has 0 bridgehead atoms. The van der Waals surface area contributed by atoms with Crippen LogP contribution in [0.25, 0.3) is 10.9 Å². The number of benzene rings is 2. The molecule has 0 amide bonds. The number of sulfonamides is 1. The highest BCUT2D eigenvalue weighted by Gasteiger charge is 2.14. The first-order valence-corrected chi connectivity index (χ1v) is 10.4. The van der Waals surface area contributed by atoms with Crippen molar-refractivity contribution in [1.29, 1.82) is 0 Å². The maximum Gasteiger partial charge on any atom is 0.251 e. The van der Waals surface area contributed by atoms with Gasteiger partial charge in [0.15, 0.2) is 0 Å². The Morgan fingerprint density at radius 2 is 1.67 bits per heavy atom. The van der Waals surface area contributed by atoms with Crippen LogP contribution in [0.3, 0.4) is 0 Å². The lowest BCUT2D eigenvalue weighted by Gasteiger charge is -2.10. The van der Waals surface area contributed by atoms with Crippen LogP contribution >= 0.6 is 0 Å². The fourth-order valence-corrected chi connectivity index (χ4v) is 4.32. The Hall–Kier alpha value is -2.44. The molecule has 3 aromatic rings. The highest BCUT2D eigenvalue weighted by molar-refractivity contribution is 7.89. The average Bonchev–Trinajstić information content (AvgIpc) is 2.58. The molecule has 142 valence electrons. The summed E-state index contributed by atoms with van der Waals surface area (Å²) in [5.41, 5.74) is 5.31. The van der Waals surface area contributed by atoms with Gasteiger partial charge in [0.1, 0.15) is 0 Å². The molecule has 0 saturated heterocycles. The van der Waals surface area contributed by atoms with E-state index in [0.717, 1.165) is 33.2 Å². The van der Waals surface area contributed by atoms with Gasteiger partial charge in [-0.3, -0.25) is 4.79 Å². The minimum absolute atomic E-state index is 0.161. The fraction of sp³-hybridized carbons (Fsp3) is 0.286. The molecule has 1 heterocycles. The molecule has 0 fully saturated rings. The van der Waals surface area contributed by atoms with Gasteiger partial charge in [0.25, 0.3) is 5.56 Å². The van der Waals surface area contributed by atoms with Crippen molar-refractivity contribution in [3.63, 3.8) is 0 Å². The first-order valence-electron chi connectivity index (χ1n) is 8.87. The monoisotopic (exact) mass is 384 g/mol. The van der Waals surface area contributed by atoms with E-state index >= 15 is 0 Å². The van der Waals surface area contributed by atoms with Gasteiger partial charge in [0, 0.05) is 12.1 Å². The van der Waals surface area contributed by atoms with Crippen molar-refractivity contribution in [1.82, 2.24) is 9.71 Å². The van der Waals surface area contributed by atoms with Crippen LogP contribution in [0, 0.1) is 27.7 Å². The largest absolute Gasteiger partial charge is 0.321 e. The van der Waals surface area contributed by atoms with Gasteiger partial charge in [0.05, 0.1) is 10.4 Å². The number of hydrogen-bond donors (Lipinski definition) is 2. The van der Waals surface area contributed by atoms with E-state index in [0.29, 0.717) is 12.0 Å². The number of pyridine rings is 1. The van der Waals surface area contributed by atoms with Gasteiger partial charge in [-0.25, -0.2) is 13.1 Å². The molecular weight excluding hydrogens is 360 g/mol. The molecule has 0 saturated carbocycles. The number of aromatic amines is 1. The molecule has 0 atom stereocenters. The van der Waals surface area contributed by atoms with E-state index in [1.807, 2.05) is 45.9 Å². The number of fused-ring (bicyclic) bond motifs is 1. The van der Waals surface area contributed by atoms with Crippen LogP contribution in [0.1, 0.15) is 27.8 Å². The van der Waals surface area contributed by atoms with Crippen LogP contribution in [0.15, 0.2) is 46.1 Å². The van der Waals surface area contributed by atoms with Crippen molar-refractivity contribution < 1.29 is 8.42 Å². The summed E-state index contributed by atoms with van der Waals surface area (Å²) in [6.07, 6.45) is 0.322. The van der Waals surface area contributed by atoms with Crippen molar-refractivity contribution in [3.05, 3.63) is 74.6 Å². The van der Waals surface area contributed by atoms with Gasteiger partial charge in [0.2, 0.25) is 10.0 Å². The second kappa shape index (κ2) is 7.29. The van der Waals surface area contributed by atoms with Crippen molar-refractivity contribution in [2.75, 3.05) is 6.54 Å². The molecule has 6 heteroatoms. The minimum atomic E-state index is -3.60. The lowest BCUT2D eigenvalue weighted by molar-refractivity contribution is 0.581. The highest BCUT2D eigenvalue weighted by Crippen LogP contribution is 2.18. The average molecular weight is 385 g/mol. The number of rotatable bonds is 5. The van der Waals surface area contributed by atoms with Crippen molar-refractivity contribution >= 4 is 20.9 Å². The summed E-state index contributed by atoms with van der Waals surface area (Å²) in [7, 11) is -3.60. The van der Waals surface area contributed by atoms with Crippen LogP contribution in [0.4, 0.5) is 0 Å². The lowest BCUT2D eigenvalue weighted by Crippen LogP contribution is -2.27. The van der Waals surface area contributed by atoms with Gasteiger partial charge in [-0.15, -0.1) is 0 Å². The van der Waals surface area contributed by atoms with E-state index in [-0.39, 0.29) is 17.0 Å². The topological polar surface area (TPSA) is 79.0 Å². The maximum absolute atomic E-state index is 12.5. The zero-order chi connectivity index (χ0) is 19.8. The molecule has 0 radical (unpaired) electrons. The Balaban J connectivity index is 1.79. The van der Waals surface area contributed by atoms with E-state index in [9.17, 15) is 13.2 Å². The Kier molecular flexibility index (Phi) is 5.22. The fourth-order valence-electron chi connectivity index (χ4n) is 3.20. The molecule has 1 aromatic heterocycles. The number of H-pyrrole nitrogens is 1. The zero-order valence-electron chi connectivity index (χ0n) is 16.0. The Morgan fingerprint density at radius 3 is 2.37 bits per heavy atom. The summed E-state index contributed by atoms with van der Waals surface area (Å²) in [4.78, 5) is 15.5. The van der Waals surface area contributed by atoms with Crippen LogP contribution < -0.4 is 10.3 Å². The van der Waals surface area contributed by atoms with Crippen LogP contribution in [0.2, 0.25) is 0 Å². The number of nitrogens with one attached hydrogen (secondary N) is 2. The summed E-state index contributed by atoms with van der Waals surface area (Å²) in [6, 6.07) is 10.9. The third-order valence-corrected chi connectivity index (χ3v) is 6.30. The molecule has 0 unspecified atom stereocenters. The minimum Gasteiger partial charge on any atom is -0.321 e. The van der Waals surface area contributed by atoms with E-state index in [2.05, 4.69) is 9.71 Å². The molecule has 5 nitrogen and oxygen atoms in total. The van der Waals surface area contributed by atoms with E-state index in [1.54, 1.807) is 18.2 Å². The number of aromatic nitrogens is 1. The summed E-state index contributed by atoms with van der Waals surface area (Å²) in [5.74, 6) is 0. The second-order valence-corrected chi connectivity index (χ2v) is 8.83. The Bertz CT molecular complexity index is 1180. The SMILES string of the molecule is Cc1cc(C)c2[nH]c(=O)c(CCNS(=O)(=O)c3ccc(C)c(C)c3)cc2c1. The van der Waals surface area contributed by atoms with Gasteiger partial charge in [-0.2, -0.15) is 0 Å². The summed E-state index contributed by atoms with van der Waals surface area (Å²) in [5, 5.41) is 0.958. The first-order chi connectivity index (χ1) is 12.7. The third kappa shape index (κ3) is 4.12. The molecule has 0 spiro atoms. The molecule has 27 heavy (non-hydrogen) atoms. The Morgan fingerprint density at radius 1 is 0.926 bits per heavy atom. The summed E-state index contributed by atoms with van der Waals surface area (Å²) >= 11 is 0. The molecule has 2 N–H and O–H groups in total. The number of hydrogen-bond acceptors (Lipinski definition) is 3.